The highest BCUT2D eigenvalue weighted by Crippen LogP contribution is 2.22. The minimum atomic E-state index is 0.723. The molecule has 0 bridgehead atoms. The Morgan fingerprint density at radius 1 is 0.913 bits per heavy atom. The number of aromatic nitrogens is 3. The van der Waals surface area contributed by atoms with Crippen molar-refractivity contribution >= 4 is 16.6 Å². The number of nitrogens with zero attached hydrogens (tertiary/aromatic N) is 3. The third-order valence-electron chi connectivity index (χ3n) is 3.79. The Hall–Kier alpha value is -3.14. The van der Waals surface area contributed by atoms with Crippen LogP contribution in [0.3, 0.4) is 0 Å². The molecule has 0 saturated heterocycles. The molecule has 4 aromatic rings. The van der Waals surface area contributed by atoms with E-state index >= 15 is 0 Å². The van der Waals surface area contributed by atoms with Crippen molar-refractivity contribution in [2.45, 2.75) is 6.54 Å². The maximum Gasteiger partial charge on any atom is 0.0722 e. The average molecular weight is 300 g/mol. The van der Waals surface area contributed by atoms with E-state index in [1.54, 1.807) is 0 Å². The molecule has 1 N–H and O–H groups in total. The Morgan fingerprint density at radius 2 is 1.83 bits per heavy atom. The average Bonchev–Trinajstić information content (AvgIpc) is 3.10. The molecule has 2 aromatic heterocycles. The Morgan fingerprint density at radius 3 is 2.74 bits per heavy atom. The van der Waals surface area contributed by atoms with Gasteiger partial charge in [0, 0.05) is 35.6 Å². The zero-order chi connectivity index (χ0) is 15.5. The standard InChI is InChI=1S/C19H16N4/c1-2-6-16(7-3-1)23-14-15(13-22-23)12-21-19-10-4-9-18-17(19)8-5-11-20-18/h1-11,13-14,21H,12H2. The molecule has 2 aromatic carbocycles. The first kappa shape index (κ1) is 13.5. The first-order valence-electron chi connectivity index (χ1n) is 7.57. The lowest BCUT2D eigenvalue weighted by atomic mass is 10.2. The van der Waals surface area contributed by atoms with E-state index in [1.807, 2.05) is 71.8 Å². The predicted octanol–water partition coefficient (Wildman–Crippen LogP) is 4.03. The van der Waals surface area contributed by atoms with E-state index in [2.05, 4.69) is 27.5 Å². The zero-order valence-corrected chi connectivity index (χ0v) is 12.6. The summed E-state index contributed by atoms with van der Waals surface area (Å²) in [4.78, 5) is 4.38. The molecule has 0 aliphatic heterocycles. The normalized spacial score (nSPS) is 10.8. The number of anilines is 1. The van der Waals surface area contributed by atoms with E-state index in [1.165, 1.54) is 0 Å². The second-order valence-electron chi connectivity index (χ2n) is 5.36. The summed E-state index contributed by atoms with van der Waals surface area (Å²) in [6.45, 7) is 0.723. The summed E-state index contributed by atoms with van der Waals surface area (Å²) < 4.78 is 1.89. The molecule has 0 amide bonds. The summed E-state index contributed by atoms with van der Waals surface area (Å²) in [7, 11) is 0. The van der Waals surface area contributed by atoms with Crippen LogP contribution in [-0.4, -0.2) is 14.8 Å². The molecule has 0 aliphatic rings. The van der Waals surface area contributed by atoms with Crippen LogP contribution in [0.15, 0.2) is 79.3 Å². The van der Waals surface area contributed by atoms with Gasteiger partial charge in [-0.1, -0.05) is 24.3 Å². The lowest BCUT2D eigenvalue weighted by Gasteiger charge is -2.08. The predicted molar refractivity (Wildman–Crippen MR) is 92.6 cm³/mol. The summed E-state index contributed by atoms with van der Waals surface area (Å²) in [5.41, 5.74) is 4.28. The minimum Gasteiger partial charge on any atom is -0.380 e. The highest BCUT2D eigenvalue weighted by molar-refractivity contribution is 5.91. The fourth-order valence-corrected chi connectivity index (χ4v) is 2.63. The molecule has 0 aliphatic carbocycles. The van der Waals surface area contributed by atoms with E-state index in [-0.39, 0.29) is 0 Å². The highest BCUT2D eigenvalue weighted by atomic mass is 15.3. The van der Waals surface area contributed by atoms with Crippen LogP contribution in [0.1, 0.15) is 5.56 Å². The van der Waals surface area contributed by atoms with Crippen molar-refractivity contribution in [2.75, 3.05) is 5.32 Å². The molecular weight excluding hydrogens is 284 g/mol. The van der Waals surface area contributed by atoms with Crippen molar-refractivity contribution in [3.63, 3.8) is 0 Å². The van der Waals surface area contributed by atoms with Gasteiger partial charge in [-0.3, -0.25) is 4.98 Å². The third kappa shape index (κ3) is 2.79. The van der Waals surface area contributed by atoms with Crippen LogP contribution in [0.5, 0.6) is 0 Å². The quantitative estimate of drug-likeness (QED) is 0.618. The topological polar surface area (TPSA) is 42.7 Å². The number of hydrogen-bond donors (Lipinski definition) is 1. The van der Waals surface area contributed by atoms with Gasteiger partial charge in [-0.2, -0.15) is 5.10 Å². The number of nitrogens with one attached hydrogen (secondary N) is 1. The lowest BCUT2D eigenvalue weighted by molar-refractivity contribution is 0.880. The largest absolute Gasteiger partial charge is 0.380 e. The maximum absolute atomic E-state index is 4.43. The van der Waals surface area contributed by atoms with Crippen LogP contribution in [0.25, 0.3) is 16.6 Å². The maximum atomic E-state index is 4.43. The van der Waals surface area contributed by atoms with Crippen LogP contribution < -0.4 is 5.32 Å². The molecule has 4 nitrogen and oxygen atoms in total. The Kier molecular flexibility index (Phi) is 3.48. The third-order valence-corrected chi connectivity index (χ3v) is 3.79. The highest BCUT2D eigenvalue weighted by Gasteiger charge is 2.03. The molecule has 0 unspecified atom stereocenters. The van der Waals surface area contributed by atoms with Crippen molar-refractivity contribution < 1.29 is 0 Å². The summed E-state index contributed by atoms with van der Waals surface area (Å²) in [5.74, 6) is 0. The van der Waals surface area contributed by atoms with E-state index < -0.39 is 0 Å². The second-order valence-corrected chi connectivity index (χ2v) is 5.36. The van der Waals surface area contributed by atoms with Crippen LogP contribution >= 0.6 is 0 Å². The van der Waals surface area contributed by atoms with Gasteiger partial charge in [0.15, 0.2) is 0 Å². The van der Waals surface area contributed by atoms with Gasteiger partial charge in [-0.15, -0.1) is 0 Å². The summed E-state index contributed by atoms with van der Waals surface area (Å²) in [6.07, 6.45) is 5.76. The monoisotopic (exact) mass is 300 g/mol. The number of benzene rings is 2. The Labute approximate surface area is 134 Å². The first-order chi connectivity index (χ1) is 11.4. The van der Waals surface area contributed by atoms with E-state index in [4.69, 9.17) is 0 Å². The Balaban J connectivity index is 1.54. The number of pyridine rings is 1. The fourth-order valence-electron chi connectivity index (χ4n) is 2.63. The number of para-hydroxylation sites is 1. The van der Waals surface area contributed by atoms with Crippen LogP contribution in [-0.2, 0) is 6.54 Å². The molecule has 0 saturated carbocycles. The summed E-state index contributed by atoms with van der Waals surface area (Å²) in [5, 5.41) is 9.03. The molecule has 2 heterocycles. The number of fused-ring (bicyclic) bond motifs is 1. The summed E-state index contributed by atoms with van der Waals surface area (Å²) in [6, 6.07) is 20.3. The van der Waals surface area contributed by atoms with Crippen LogP contribution in [0.4, 0.5) is 5.69 Å². The molecule has 112 valence electrons. The van der Waals surface area contributed by atoms with Crippen molar-refractivity contribution in [1.82, 2.24) is 14.8 Å². The molecule has 0 atom stereocenters. The van der Waals surface area contributed by atoms with Gasteiger partial charge in [0.25, 0.3) is 0 Å². The lowest BCUT2D eigenvalue weighted by Crippen LogP contribution is -1.99. The van der Waals surface area contributed by atoms with Gasteiger partial charge >= 0.3 is 0 Å². The fraction of sp³-hybridized carbons (Fsp3) is 0.0526. The molecule has 0 spiro atoms. The SMILES string of the molecule is c1ccc(-n2cc(CNc3cccc4ncccc34)cn2)cc1. The first-order valence-corrected chi connectivity index (χ1v) is 7.57. The summed E-state index contributed by atoms with van der Waals surface area (Å²) >= 11 is 0. The Bertz CT molecular complexity index is 923. The van der Waals surface area contributed by atoms with E-state index in [0.29, 0.717) is 0 Å². The van der Waals surface area contributed by atoms with Gasteiger partial charge in [0.2, 0.25) is 0 Å². The van der Waals surface area contributed by atoms with Crippen molar-refractivity contribution in [3.05, 3.63) is 84.8 Å². The van der Waals surface area contributed by atoms with Gasteiger partial charge in [0.1, 0.15) is 0 Å². The minimum absolute atomic E-state index is 0.723. The molecule has 4 heteroatoms. The van der Waals surface area contributed by atoms with Gasteiger partial charge in [-0.25, -0.2) is 4.68 Å². The number of rotatable bonds is 4. The van der Waals surface area contributed by atoms with Crippen LogP contribution in [0.2, 0.25) is 0 Å². The van der Waals surface area contributed by atoms with E-state index in [0.717, 1.165) is 34.4 Å². The molecular formula is C19H16N4. The van der Waals surface area contributed by atoms with Crippen molar-refractivity contribution in [2.24, 2.45) is 0 Å². The molecule has 4 rings (SSSR count). The number of hydrogen-bond acceptors (Lipinski definition) is 3. The van der Waals surface area contributed by atoms with Gasteiger partial charge in [0.05, 0.1) is 17.4 Å². The zero-order valence-electron chi connectivity index (χ0n) is 12.6. The van der Waals surface area contributed by atoms with Crippen LogP contribution in [0, 0.1) is 0 Å². The van der Waals surface area contributed by atoms with Crippen molar-refractivity contribution in [3.8, 4) is 5.69 Å². The van der Waals surface area contributed by atoms with Gasteiger partial charge in [-0.05, 0) is 36.4 Å². The smallest absolute Gasteiger partial charge is 0.0722 e. The van der Waals surface area contributed by atoms with Gasteiger partial charge < -0.3 is 5.32 Å². The van der Waals surface area contributed by atoms with E-state index in [9.17, 15) is 0 Å². The van der Waals surface area contributed by atoms with Crippen molar-refractivity contribution in [1.29, 1.82) is 0 Å². The second kappa shape index (κ2) is 5.93. The molecule has 23 heavy (non-hydrogen) atoms. The molecule has 0 radical (unpaired) electrons. The molecule has 0 fully saturated rings.